The fraction of sp³-hybridized carbons (Fsp3) is 0.600. The molecule has 1 heterocycles. The van der Waals surface area contributed by atoms with E-state index in [0.717, 1.165) is 12.0 Å². The second-order valence-electron chi connectivity index (χ2n) is 3.28. The molecule has 1 unspecified atom stereocenters. The number of hydrogen-bond acceptors (Lipinski definition) is 1. The second kappa shape index (κ2) is 5.10. The summed E-state index contributed by atoms with van der Waals surface area (Å²) in [5.41, 5.74) is 1.07. The van der Waals surface area contributed by atoms with Gasteiger partial charge in [-0.15, -0.1) is 0 Å². The lowest BCUT2D eigenvalue weighted by Crippen LogP contribution is -2.14. The Balaban J connectivity index is 2.66. The van der Waals surface area contributed by atoms with E-state index < -0.39 is 6.43 Å². The molecule has 0 aromatic carbocycles. The van der Waals surface area contributed by atoms with Crippen LogP contribution < -0.4 is 5.32 Å². The van der Waals surface area contributed by atoms with Crippen molar-refractivity contribution in [2.45, 2.75) is 32.4 Å². The highest BCUT2D eigenvalue weighted by atomic mass is 19.3. The van der Waals surface area contributed by atoms with E-state index in [1.165, 1.54) is 4.57 Å². The van der Waals surface area contributed by atoms with E-state index in [-0.39, 0.29) is 12.6 Å². The summed E-state index contributed by atoms with van der Waals surface area (Å²) < 4.78 is 25.6. The quantitative estimate of drug-likeness (QED) is 0.776. The van der Waals surface area contributed by atoms with Gasteiger partial charge in [-0.3, -0.25) is 0 Å². The van der Waals surface area contributed by atoms with Crippen LogP contribution in [-0.2, 0) is 6.54 Å². The van der Waals surface area contributed by atoms with E-state index in [1.807, 2.05) is 13.1 Å². The van der Waals surface area contributed by atoms with E-state index in [0.29, 0.717) is 0 Å². The average Bonchev–Trinajstić information content (AvgIpc) is 2.54. The summed E-state index contributed by atoms with van der Waals surface area (Å²) in [5.74, 6) is 0. The van der Waals surface area contributed by atoms with E-state index in [4.69, 9.17) is 0 Å². The average molecular weight is 202 g/mol. The molecule has 1 rings (SSSR count). The summed E-state index contributed by atoms with van der Waals surface area (Å²) in [4.78, 5) is 0. The fourth-order valence-electron chi connectivity index (χ4n) is 1.54. The lowest BCUT2D eigenvalue weighted by molar-refractivity contribution is 0.126. The molecule has 80 valence electrons. The van der Waals surface area contributed by atoms with Gasteiger partial charge in [-0.05, 0) is 25.1 Å². The summed E-state index contributed by atoms with van der Waals surface area (Å²) in [7, 11) is 1.87. The summed E-state index contributed by atoms with van der Waals surface area (Å²) in [5, 5.41) is 3.13. The molecule has 0 radical (unpaired) electrons. The normalized spacial score (nSPS) is 13.5. The van der Waals surface area contributed by atoms with Gasteiger partial charge in [0.25, 0.3) is 6.43 Å². The standard InChI is InChI=1S/C10H16F2N2/c1-3-9(13-2)8-4-5-14(6-8)7-10(11)12/h4-6,9-10,13H,3,7H2,1-2H3. The van der Waals surface area contributed by atoms with E-state index in [9.17, 15) is 8.78 Å². The molecule has 0 saturated carbocycles. The van der Waals surface area contributed by atoms with Gasteiger partial charge in [-0.25, -0.2) is 8.78 Å². The van der Waals surface area contributed by atoms with Gasteiger partial charge in [0.2, 0.25) is 0 Å². The fourth-order valence-corrected chi connectivity index (χ4v) is 1.54. The maximum absolute atomic E-state index is 12.1. The number of rotatable bonds is 5. The lowest BCUT2D eigenvalue weighted by Gasteiger charge is -2.11. The van der Waals surface area contributed by atoms with Crippen LogP contribution in [0.1, 0.15) is 24.9 Å². The zero-order chi connectivity index (χ0) is 10.6. The lowest BCUT2D eigenvalue weighted by atomic mass is 10.1. The minimum Gasteiger partial charge on any atom is -0.348 e. The monoisotopic (exact) mass is 202 g/mol. The Labute approximate surface area is 82.9 Å². The highest BCUT2D eigenvalue weighted by Gasteiger charge is 2.09. The Bertz CT molecular complexity index is 267. The number of halogens is 2. The van der Waals surface area contributed by atoms with E-state index in [1.54, 1.807) is 12.4 Å². The molecule has 1 N–H and O–H groups in total. The van der Waals surface area contributed by atoms with Crippen LogP contribution in [0, 0.1) is 0 Å². The van der Waals surface area contributed by atoms with Crippen LogP contribution in [0.5, 0.6) is 0 Å². The number of nitrogens with one attached hydrogen (secondary N) is 1. The molecular formula is C10H16F2N2. The predicted molar refractivity (Wildman–Crippen MR) is 52.5 cm³/mol. The minimum atomic E-state index is -2.29. The summed E-state index contributed by atoms with van der Waals surface area (Å²) in [6, 6.07) is 2.14. The first-order valence-corrected chi connectivity index (χ1v) is 4.78. The molecule has 0 saturated heterocycles. The summed E-state index contributed by atoms with van der Waals surface area (Å²) in [6.45, 7) is 1.84. The highest BCUT2D eigenvalue weighted by Crippen LogP contribution is 2.16. The Hall–Kier alpha value is -0.900. The minimum absolute atomic E-state index is 0.222. The van der Waals surface area contributed by atoms with E-state index in [2.05, 4.69) is 12.2 Å². The number of aromatic nitrogens is 1. The third kappa shape index (κ3) is 2.80. The predicted octanol–water partition coefficient (Wildman–Crippen LogP) is 2.42. The highest BCUT2D eigenvalue weighted by molar-refractivity contribution is 5.15. The third-order valence-corrected chi connectivity index (χ3v) is 2.28. The molecule has 0 fully saturated rings. The molecule has 14 heavy (non-hydrogen) atoms. The first-order chi connectivity index (χ1) is 6.67. The van der Waals surface area contributed by atoms with Crippen LogP contribution in [-0.4, -0.2) is 18.0 Å². The molecule has 0 aliphatic heterocycles. The van der Waals surface area contributed by atoms with Gasteiger partial charge in [0.05, 0.1) is 6.54 Å². The number of alkyl halides is 2. The largest absolute Gasteiger partial charge is 0.348 e. The number of nitrogens with zero attached hydrogens (tertiary/aromatic N) is 1. The van der Waals surface area contributed by atoms with Crippen molar-refractivity contribution in [3.63, 3.8) is 0 Å². The maximum Gasteiger partial charge on any atom is 0.256 e. The van der Waals surface area contributed by atoms with Gasteiger partial charge in [-0.2, -0.15) is 0 Å². The molecule has 4 heteroatoms. The topological polar surface area (TPSA) is 17.0 Å². The van der Waals surface area contributed by atoms with Gasteiger partial charge in [0.15, 0.2) is 0 Å². The summed E-state index contributed by atoms with van der Waals surface area (Å²) >= 11 is 0. The van der Waals surface area contributed by atoms with Crippen molar-refractivity contribution < 1.29 is 8.78 Å². The second-order valence-corrected chi connectivity index (χ2v) is 3.28. The zero-order valence-corrected chi connectivity index (χ0v) is 8.50. The van der Waals surface area contributed by atoms with Gasteiger partial charge < -0.3 is 9.88 Å². The number of hydrogen-bond donors (Lipinski definition) is 1. The summed E-state index contributed by atoms with van der Waals surface area (Å²) in [6.07, 6.45) is 2.14. The SMILES string of the molecule is CCC(NC)c1ccn(CC(F)F)c1. The van der Waals surface area contributed by atoms with Crippen molar-refractivity contribution in [1.82, 2.24) is 9.88 Å². The maximum atomic E-state index is 12.1. The van der Waals surface area contributed by atoms with Crippen LogP contribution >= 0.6 is 0 Å². The van der Waals surface area contributed by atoms with Crippen LogP contribution in [0.4, 0.5) is 8.78 Å². The molecule has 0 aliphatic rings. The van der Waals surface area contributed by atoms with Gasteiger partial charge in [0.1, 0.15) is 0 Å². The molecule has 1 aromatic rings. The van der Waals surface area contributed by atoms with Crippen molar-refractivity contribution in [2.24, 2.45) is 0 Å². The molecule has 2 nitrogen and oxygen atoms in total. The molecule has 0 spiro atoms. The van der Waals surface area contributed by atoms with Gasteiger partial charge in [0, 0.05) is 18.4 Å². The Kier molecular flexibility index (Phi) is 4.07. The Morgan fingerprint density at radius 2 is 2.21 bits per heavy atom. The Morgan fingerprint density at radius 1 is 1.50 bits per heavy atom. The third-order valence-electron chi connectivity index (χ3n) is 2.28. The van der Waals surface area contributed by atoms with Crippen LogP contribution in [0.2, 0.25) is 0 Å². The molecule has 1 atom stereocenters. The molecular weight excluding hydrogens is 186 g/mol. The molecule has 0 bridgehead atoms. The van der Waals surface area contributed by atoms with Gasteiger partial charge >= 0.3 is 0 Å². The van der Waals surface area contributed by atoms with Crippen LogP contribution in [0.25, 0.3) is 0 Å². The van der Waals surface area contributed by atoms with Crippen molar-refractivity contribution in [1.29, 1.82) is 0 Å². The first-order valence-electron chi connectivity index (χ1n) is 4.78. The first kappa shape index (κ1) is 11.2. The van der Waals surface area contributed by atoms with Crippen molar-refractivity contribution >= 4 is 0 Å². The van der Waals surface area contributed by atoms with E-state index >= 15 is 0 Å². The van der Waals surface area contributed by atoms with Crippen molar-refractivity contribution in [2.75, 3.05) is 7.05 Å². The zero-order valence-electron chi connectivity index (χ0n) is 8.50. The van der Waals surface area contributed by atoms with Crippen LogP contribution in [0.3, 0.4) is 0 Å². The van der Waals surface area contributed by atoms with Gasteiger partial charge in [-0.1, -0.05) is 6.92 Å². The Morgan fingerprint density at radius 3 is 2.71 bits per heavy atom. The van der Waals surface area contributed by atoms with Crippen molar-refractivity contribution in [3.8, 4) is 0 Å². The molecule has 0 amide bonds. The van der Waals surface area contributed by atoms with Crippen LogP contribution in [0.15, 0.2) is 18.5 Å². The molecule has 0 aliphatic carbocycles. The smallest absolute Gasteiger partial charge is 0.256 e. The molecule has 1 aromatic heterocycles. The van der Waals surface area contributed by atoms with Crippen molar-refractivity contribution in [3.05, 3.63) is 24.0 Å².